The number of ether oxygens (including phenoxy) is 1. The average molecular weight is 448 g/mol. The molecule has 2 aliphatic rings. The van der Waals surface area contributed by atoms with E-state index in [9.17, 15) is 10.1 Å². The molecule has 172 valence electrons. The number of benzene rings is 2. The van der Waals surface area contributed by atoms with Crippen LogP contribution >= 0.6 is 0 Å². The van der Waals surface area contributed by atoms with Gasteiger partial charge in [0.2, 0.25) is 12.1 Å². The van der Waals surface area contributed by atoms with Crippen LogP contribution in [0.2, 0.25) is 0 Å². The number of nitriles is 1. The number of carbonyl (C=O) groups excluding carboxylic acids is 1. The van der Waals surface area contributed by atoms with Gasteiger partial charge in [0.05, 0.1) is 17.7 Å². The molecule has 2 atom stereocenters. The maximum absolute atomic E-state index is 12.3. The first-order valence-corrected chi connectivity index (χ1v) is 11.1. The zero-order valence-electron chi connectivity index (χ0n) is 19.4. The molecular weight excluding hydrogens is 418 g/mol. The molecule has 0 radical (unpaired) electrons. The maximum atomic E-state index is 12.3. The lowest BCUT2D eigenvalue weighted by molar-refractivity contribution is -0.133. The first-order valence-electron chi connectivity index (χ1n) is 11.1. The molecule has 0 fully saturated rings. The molecule has 8 nitrogen and oxygen atoms in total. The minimum atomic E-state index is -0.499. The topological polar surface area (TPSA) is 104 Å². The molecule has 2 aromatic carbocycles. The zero-order valence-corrected chi connectivity index (χ0v) is 19.4. The van der Waals surface area contributed by atoms with E-state index in [0.29, 0.717) is 24.4 Å². The van der Waals surface area contributed by atoms with Gasteiger partial charge >= 0.3 is 0 Å². The Morgan fingerprint density at radius 1 is 1.30 bits per heavy atom. The van der Waals surface area contributed by atoms with E-state index in [0.717, 1.165) is 28.8 Å². The van der Waals surface area contributed by atoms with Crippen molar-refractivity contribution < 1.29 is 14.4 Å². The van der Waals surface area contributed by atoms with Crippen LogP contribution in [0.4, 0.5) is 5.69 Å². The number of anilines is 1. The lowest BCUT2D eigenvalue weighted by Gasteiger charge is -2.33. The fourth-order valence-electron chi connectivity index (χ4n) is 4.39. The standard InChI is InChI=1S/C25H29N5O3/c1-15(2)32-23-8-6-18(11-20(23)12-26)25-30(14-28-33-25)22-7-5-19-13-29(24(31)17(4)27)10-9-21(19)16(22)3/h5-8,11,14-15,17,25H,9-10,13,27H2,1-4H3/t17-,25?/m0/s1. The SMILES string of the molecule is Cc1c(N2C=NOC2c2ccc(OC(C)C)c(C#N)c2)ccc2c1CCN(C(=O)[C@H](C)N)C2. The second-order valence-electron chi connectivity index (χ2n) is 8.77. The first kappa shape index (κ1) is 22.6. The number of oxime groups is 1. The number of hydrogen-bond acceptors (Lipinski definition) is 7. The summed E-state index contributed by atoms with van der Waals surface area (Å²) in [5.41, 5.74) is 11.5. The number of carbonyl (C=O) groups is 1. The van der Waals surface area contributed by atoms with Gasteiger partial charge in [0.15, 0.2) is 0 Å². The van der Waals surface area contributed by atoms with Crippen LogP contribution < -0.4 is 15.4 Å². The van der Waals surface area contributed by atoms with Gasteiger partial charge in [0.25, 0.3) is 0 Å². The summed E-state index contributed by atoms with van der Waals surface area (Å²) in [6.45, 7) is 8.87. The lowest BCUT2D eigenvalue weighted by atomic mass is 9.93. The van der Waals surface area contributed by atoms with Crippen LogP contribution in [0.3, 0.4) is 0 Å². The van der Waals surface area contributed by atoms with Crippen LogP contribution in [0, 0.1) is 18.3 Å². The molecule has 0 saturated heterocycles. The van der Waals surface area contributed by atoms with E-state index in [-0.39, 0.29) is 12.0 Å². The fraction of sp³-hybridized carbons (Fsp3) is 0.400. The van der Waals surface area contributed by atoms with Crippen molar-refractivity contribution in [2.75, 3.05) is 11.4 Å². The molecule has 1 unspecified atom stereocenters. The van der Waals surface area contributed by atoms with E-state index in [1.54, 1.807) is 25.4 Å². The summed E-state index contributed by atoms with van der Waals surface area (Å²) in [6, 6.07) is 11.3. The normalized spacial score (nSPS) is 18.0. The summed E-state index contributed by atoms with van der Waals surface area (Å²) in [6.07, 6.45) is 1.92. The van der Waals surface area contributed by atoms with Crippen molar-refractivity contribution in [3.63, 3.8) is 0 Å². The lowest BCUT2D eigenvalue weighted by Crippen LogP contribution is -2.44. The Bertz CT molecular complexity index is 1140. The predicted octanol–water partition coefficient (Wildman–Crippen LogP) is 3.36. The van der Waals surface area contributed by atoms with Gasteiger partial charge in [-0.3, -0.25) is 9.69 Å². The molecule has 2 N–H and O–H groups in total. The molecule has 2 aromatic rings. The van der Waals surface area contributed by atoms with E-state index in [1.807, 2.05) is 35.8 Å². The average Bonchev–Trinajstić information content (AvgIpc) is 3.28. The molecule has 2 heterocycles. The quantitative estimate of drug-likeness (QED) is 0.754. The second kappa shape index (κ2) is 9.12. The van der Waals surface area contributed by atoms with Crippen molar-refractivity contribution >= 4 is 17.9 Å². The Kier molecular flexibility index (Phi) is 6.25. The van der Waals surface area contributed by atoms with Crippen molar-refractivity contribution in [1.82, 2.24) is 4.90 Å². The maximum Gasteiger partial charge on any atom is 0.239 e. The third-order valence-electron chi connectivity index (χ3n) is 6.00. The Morgan fingerprint density at radius 3 is 2.79 bits per heavy atom. The Morgan fingerprint density at radius 2 is 2.09 bits per heavy atom. The van der Waals surface area contributed by atoms with Crippen LogP contribution in [-0.2, 0) is 22.6 Å². The highest BCUT2D eigenvalue weighted by Gasteiger charge is 2.30. The van der Waals surface area contributed by atoms with Gasteiger partial charge in [0, 0.05) is 24.3 Å². The van der Waals surface area contributed by atoms with Gasteiger partial charge in [-0.1, -0.05) is 11.2 Å². The highest BCUT2D eigenvalue weighted by Crippen LogP contribution is 2.37. The molecule has 0 aliphatic carbocycles. The van der Waals surface area contributed by atoms with Crippen molar-refractivity contribution in [2.24, 2.45) is 10.9 Å². The predicted molar refractivity (Wildman–Crippen MR) is 126 cm³/mol. The van der Waals surface area contributed by atoms with Gasteiger partial charge in [-0.25, -0.2) is 0 Å². The van der Waals surface area contributed by atoms with E-state index in [1.165, 1.54) is 5.56 Å². The zero-order chi connectivity index (χ0) is 23.7. The Balaban J connectivity index is 1.62. The highest BCUT2D eigenvalue weighted by atomic mass is 16.7. The number of hydrogen-bond donors (Lipinski definition) is 1. The number of amides is 1. The third kappa shape index (κ3) is 4.37. The first-order chi connectivity index (χ1) is 15.8. The highest BCUT2D eigenvalue weighted by molar-refractivity contribution is 5.84. The summed E-state index contributed by atoms with van der Waals surface area (Å²) < 4.78 is 5.74. The third-order valence-corrected chi connectivity index (χ3v) is 6.00. The number of fused-ring (bicyclic) bond motifs is 1. The molecule has 1 amide bonds. The summed E-state index contributed by atoms with van der Waals surface area (Å²) in [7, 11) is 0. The summed E-state index contributed by atoms with van der Waals surface area (Å²) in [5.74, 6) is 0.526. The van der Waals surface area contributed by atoms with Crippen LogP contribution in [0.1, 0.15) is 54.8 Å². The van der Waals surface area contributed by atoms with Crippen LogP contribution in [0.5, 0.6) is 5.75 Å². The number of nitrogens with two attached hydrogens (primary N) is 1. The minimum Gasteiger partial charge on any atom is -0.490 e. The smallest absolute Gasteiger partial charge is 0.239 e. The molecule has 2 aliphatic heterocycles. The van der Waals surface area contributed by atoms with Crippen molar-refractivity contribution in [1.29, 1.82) is 5.26 Å². The van der Waals surface area contributed by atoms with E-state index >= 15 is 0 Å². The molecular formula is C25H29N5O3. The van der Waals surface area contributed by atoms with Gasteiger partial charge < -0.3 is 20.2 Å². The molecule has 8 heteroatoms. The van der Waals surface area contributed by atoms with E-state index in [2.05, 4.69) is 24.2 Å². The van der Waals surface area contributed by atoms with E-state index < -0.39 is 12.3 Å². The minimum absolute atomic E-state index is 0.0251. The second-order valence-corrected chi connectivity index (χ2v) is 8.77. The summed E-state index contributed by atoms with van der Waals surface area (Å²) in [4.78, 5) is 21.8. The van der Waals surface area contributed by atoms with Gasteiger partial charge in [0.1, 0.15) is 18.2 Å². The van der Waals surface area contributed by atoms with Crippen LogP contribution in [0.15, 0.2) is 35.5 Å². The molecule has 0 bridgehead atoms. The number of rotatable bonds is 5. The fourth-order valence-corrected chi connectivity index (χ4v) is 4.39. The summed E-state index contributed by atoms with van der Waals surface area (Å²) >= 11 is 0. The molecule has 0 saturated carbocycles. The molecule has 4 rings (SSSR count). The van der Waals surface area contributed by atoms with Gasteiger partial charge in [-0.15, -0.1) is 0 Å². The van der Waals surface area contributed by atoms with Gasteiger partial charge in [-0.2, -0.15) is 5.26 Å². The van der Waals surface area contributed by atoms with Crippen LogP contribution in [0.25, 0.3) is 0 Å². The van der Waals surface area contributed by atoms with Crippen LogP contribution in [-0.4, -0.2) is 35.8 Å². The summed E-state index contributed by atoms with van der Waals surface area (Å²) in [5, 5.41) is 13.7. The van der Waals surface area contributed by atoms with Crippen molar-refractivity contribution in [2.45, 2.75) is 59.0 Å². The van der Waals surface area contributed by atoms with E-state index in [4.69, 9.17) is 15.3 Å². The van der Waals surface area contributed by atoms with Gasteiger partial charge in [-0.05, 0) is 75.1 Å². The largest absolute Gasteiger partial charge is 0.490 e. The van der Waals surface area contributed by atoms with Crippen molar-refractivity contribution in [3.05, 3.63) is 58.1 Å². The molecule has 0 aromatic heterocycles. The van der Waals surface area contributed by atoms with Crippen molar-refractivity contribution in [3.8, 4) is 11.8 Å². The molecule has 33 heavy (non-hydrogen) atoms. The molecule has 0 spiro atoms. The number of nitrogens with zero attached hydrogens (tertiary/aromatic N) is 4. The Labute approximate surface area is 194 Å². The monoisotopic (exact) mass is 447 g/mol. The Hall–Kier alpha value is -3.57.